The molecule has 0 amide bonds. The number of unbranched alkanes of at least 4 members (excludes halogenated alkanes) is 28. The lowest BCUT2D eigenvalue weighted by Gasteiger charge is -2.18. The van der Waals surface area contributed by atoms with Gasteiger partial charge in [0.25, 0.3) is 0 Å². The van der Waals surface area contributed by atoms with Crippen LogP contribution in [0.1, 0.15) is 278 Å². The second-order valence-electron chi connectivity index (χ2n) is 18.8. The molecule has 0 aromatic heterocycles. The van der Waals surface area contributed by atoms with Crippen LogP contribution in [0.25, 0.3) is 0 Å². The predicted octanol–water partition coefficient (Wildman–Crippen LogP) is 19.0. The first kappa shape index (κ1) is 63.8. The van der Waals surface area contributed by atoms with E-state index in [4.69, 9.17) is 14.2 Å². The zero-order valence-corrected chi connectivity index (χ0v) is 44.2. The molecule has 0 heterocycles. The number of carbonyl (C=O) groups is 3. The SMILES string of the molecule is CC/C=C\C/C=C\C/C=C\C/C=C\C/C=C\C/C=C\CCCCCCCCCCC(=O)OCC(COC(=O)CCCCCCCCC)OC(=O)CCCCCCCCCCCCCCCCC. The van der Waals surface area contributed by atoms with E-state index < -0.39 is 6.10 Å². The fraction of sp³-hybridized carbons (Fsp3) is 0.754. The van der Waals surface area contributed by atoms with Gasteiger partial charge in [0.15, 0.2) is 6.10 Å². The number of hydrogen-bond acceptors (Lipinski definition) is 6. The largest absolute Gasteiger partial charge is 0.462 e. The molecule has 6 heteroatoms. The number of rotatable bonds is 51. The Morgan fingerprint density at radius 2 is 0.582 bits per heavy atom. The van der Waals surface area contributed by atoms with Gasteiger partial charge in [-0.1, -0.05) is 261 Å². The van der Waals surface area contributed by atoms with Gasteiger partial charge in [-0.2, -0.15) is 0 Å². The van der Waals surface area contributed by atoms with Crippen LogP contribution in [-0.2, 0) is 28.6 Å². The van der Waals surface area contributed by atoms with Gasteiger partial charge in [0.05, 0.1) is 0 Å². The molecule has 0 aliphatic rings. The summed E-state index contributed by atoms with van der Waals surface area (Å²) in [5.41, 5.74) is 0. The van der Waals surface area contributed by atoms with Gasteiger partial charge in [0.1, 0.15) is 13.2 Å². The fourth-order valence-electron chi connectivity index (χ4n) is 7.98. The van der Waals surface area contributed by atoms with Gasteiger partial charge in [-0.15, -0.1) is 0 Å². The molecule has 1 unspecified atom stereocenters. The van der Waals surface area contributed by atoms with Gasteiger partial charge < -0.3 is 14.2 Å². The van der Waals surface area contributed by atoms with E-state index in [1.807, 2.05) is 0 Å². The summed E-state index contributed by atoms with van der Waals surface area (Å²) < 4.78 is 16.8. The number of ether oxygens (including phenoxy) is 3. The van der Waals surface area contributed by atoms with Crippen molar-refractivity contribution in [3.8, 4) is 0 Å². The van der Waals surface area contributed by atoms with Crippen molar-refractivity contribution in [2.75, 3.05) is 13.2 Å². The summed E-state index contributed by atoms with van der Waals surface area (Å²) in [7, 11) is 0. The van der Waals surface area contributed by atoms with E-state index in [0.717, 1.165) is 103 Å². The third-order valence-electron chi connectivity index (χ3n) is 12.2. The number of esters is 3. The van der Waals surface area contributed by atoms with Crippen LogP contribution in [-0.4, -0.2) is 37.2 Å². The van der Waals surface area contributed by atoms with Crippen LogP contribution in [0, 0.1) is 0 Å². The van der Waals surface area contributed by atoms with Gasteiger partial charge in [-0.3, -0.25) is 14.4 Å². The Morgan fingerprint density at radius 3 is 0.910 bits per heavy atom. The van der Waals surface area contributed by atoms with E-state index in [0.29, 0.717) is 19.3 Å². The maximum atomic E-state index is 12.8. The summed E-state index contributed by atoms with van der Waals surface area (Å²) in [5.74, 6) is -0.881. The molecule has 0 aromatic rings. The first-order valence-electron chi connectivity index (χ1n) is 28.4. The van der Waals surface area contributed by atoms with E-state index in [2.05, 4.69) is 93.7 Å². The highest BCUT2D eigenvalue weighted by atomic mass is 16.6. The van der Waals surface area contributed by atoms with Crippen molar-refractivity contribution in [3.63, 3.8) is 0 Å². The molecule has 386 valence electrons. The maximum absolute atomic E-state index is 12.8. The van der Waals surface area contributed by atoms with Gasteiger partial charge >= 0.3 is 17.9 Å². The molecule has 0 radical (unpaired) electrons. The van der Waals surface area contributed by atoms with Crippen LogP contribution in [0.4, 0.5) is 0 Å². The van der Waals surface area contributed by atoms with E-state index >= 15 is 0 Å². The van der Waals surface area contributed by atoms with E-state index in [9.17, 15) is 14.4 Å². The van der Waals surface area contributed by atoms with Gasteiger partial charge in [0, 0.05) is 19.3 Å². The Kier molecular flexibility index (Phi) is 52.8. The minimum Gasteiger partial charge on any atom is -0.462 e. The Bertz CT molecular complexity index is 1260. The fourth-order valence-corrected chi connectivity index (χ4v) is 7.98. The summed E-state index contributed by atoms with van der Waals surface area (Å²) in [6, 6.07) is 0. The standard InChI is InChI=1S/C61H106O6/c1-4-7-10-13-16-18-20-22-24-25-26-27-28-29-30-31-32-33-34-35-37-38-40-42-45-48-51-54-60(63)66-57-58(56-65-59(62)53-50-47-44-15-12-9-6-3)67-61(64)55-52-49-46-43-41-39-36-23-21-19-17-14-11-8-5-2/h7,10,16,18,22,24,26-27,29-30,32-33,58H,4-6,8-9,11-15,17,19-21,23,25,28,31,34-57H2,1-3H3/b10-7-,18-16-,24-22-,27-26-,30-29-,33-32-. The molecule has 0 aliphatic carbocycles. The highest BCUT2D eigenvalue weighted by molar-refractivity contribution is 5.71. The normalized spacial score (nSPS) is 12.6. The molecule has 6 nitrogen and oxygen atoms in total. The Labute approximate surface area is 414 Å². The molecule has 67 heavy (non-hydrogen) atoms. The van der Waals surface area contributed by atoms with Crippen molar-refractivity contribution in [2.45, 2.75) is 284 Å². The zero-order chi connectivity index (χ0) is 48.6. The lowest BCUT2D eigenvalue weighted by atomic mass is 10.0. The van der Waals surface area contributed by atoms with Crippen molar-refractivity contribution in [3.05, 3.63) is 72.9 Å². The van der Waals surface area contributed by atoms with Gasteiger partial charge in [-0.25, -0.2) is 0 Å². The smallest absolute Gasteiger partial charge is 0.306 e. The van der Waals surface area contributed by atoms with Crippen LogP contribution in [0.15, 0.2) is 72.9 Å². The van der Waals surface area contributed by atoms with E-state index in [1.165, 1.54) is 135 Å². The van der Waals surface area contributed by atoms with Crippen LogP contribution in [0.2, 0.25) is 0 Å². The molecule has 0 aliphatic heterocycles. The van der Waals surface area contributed by atoms with E-state index in [-0.39, 0.29) is 31.1 Å². The van der Waals surface area contributed by atoms with Crippen molar-refractivity contribution in [1.29, 1.82) is 0 Å². The van der Waals surface area contributed by atoms with E-state index in [1.54, 1.807) is 0 Å². The molecule has 0 spiro atoms. The number of hydrogen-bond donors (Lipinski definition) is 0. The average Bonchev–Trinajstić information content (AvgIpc) is 3.33. The molecule has 0 N–H and O–H groups in total. The highest BCUT2D eigenvalue weighted by Crippen LogP contribution is 2.16. The summed E-state index contributed by atoms with van der Waals surface area (Å²) in [6.45, 7) is 6.49. The van der Waals surface area contributed by atoms with Crippen LogP contribution < -0.4 is 0 Å². The molecule has 0 saturated heterocycles. The minimum atomic E-state index is -0.773. The average molecular weight is 936 g/mol. The van der Waals surface area contributed by atoms with Gasteiger partial charge in [-0.05, 0) is 70.6 Å². The molecule has 0 bridgehead atoms. The van der Waals surface area contributed by atoms with Crippen molar-refractivity contribution in [2.24, 2.45) is 0 Å². The summed E-state index contributed by atoms with van der Waals surface area (Å²) in [6.07, 6.45) is 70.5. The zero-order valence-electron chi connectivity index (χ0n) is 44.2. The Balaban J connectivity index is 4.17. The van der Waals surface area contributed by atoms with Crippen LogP contribution in [0.3, 0.4) is 0 Å². The lowest BCUT2D eigenvalue weighted by molar-refractivity contribution is -0.167. The predicted molar refractivity (Wildman–Crippen MR) is 288 cm³/mol. The molecule has 0 fully saturated rings. The monoisotopic (exact) mass is 935 g/mol. The second-order valence-corrected chi connectivity index (χ2v) is 18.8. The number of carbonyl (C=O) groups excluding carboxylic acids is 3. The highest BCUT2D eigenvalue weighted by Gasteiger charge is 2.19. The molecular weight excluding hydrogens is 829 g/mol. The third-order valence-corrected chi connectivity index (χ3v) is 12.2. The quantitative estimate of drug-likeness (QED) is 0.0262. The lowest BCUT2D eigenvalue weighted by Crippen LogP contribution is -2.30. The second kappa shape index (κ2) is 55.4. The number of allylic oxidation sites excluding steroid dienone is 12. The summed E-state index contributed by atoms with van der Waals surface area (Å²) in [5, 5.41) is 0. The first-order valence-corrected chi connectivity index (χ1v) is 28.4. The molecule has 0 aromatic carbocycles. The Hall–Kier alpha value is -3.15. The topological polar surface area (TPSA) is 78.9 Å². The van der Waals surface area contributed by atoms with Crippen molar-refractivity contribution >= 4 is 17.9 Å². The third kappa shape index (κ3) is 53.7. The van der Waals surface area contributed by atoms with Crippen molar-refractivity contribution < 1.29 is 28.6 Å². The van der Waals surface area contributed by atoms with Gasteiger partial charge in [0.2, 0.25) is 0 Å². The molecular formula is C61H106O6. The van der Waals surface area contributed by atoms with Crippen molar-refractivity contribution in [1.82, 2.24) is 0 Å². The van der Waals surface area contributed by atoms with Crippen LogP contribution in [0.5, 0.6) is 0 Å². The maximum Gasteiger partial charge on any atom is 0.306 e. The summed E-state index contributed by atoms with van der Waals surface area (Å²) >= 11 is 0. The molecule has 0 rings (SSSR count). The molecule has 1 atom stereocenters. The first-order chi connectivity index (χ1) is 33.0. The Morgan fingerprint density at radius 1 is 0.313 bits per heavy atom. The molecule has 0 saturated carbocycles. The summed E-state index contributed by atoms with van der Waals surface area (Å²) in [4.78, 5) is 37.9. The van der Waals surface area contributed by atoms with Crippen LogP contribution >= 0.6 is 0 Å². The minimum absolute atomic E-state index is 0.0748.